The van der Waals surface area contributed by atoms with Gasteiger partial charge in [0.2, 0.25) is 0 Å². The van der Waals surface area contributed by atoms with Crippen LogP contribution in [0, 0.1) is 0 Å². The third-order valence-corrected chi connectivity index (χ3v) is 3.24. The van der Waals surface area contributed by atoms with Crippen molar-refractivity contribution >= 4 is 0 Å². The summed E-state index contributed by atoms with van der Waals surface area (Å²) in [5, 5.41) is 3.65. The van der Waals surface area contributed by atoms with E-state index in [0.717, 1.165) is 18.4 Å². The van der Waals surface area contributed by atoms with Gasteiger partial charge in [-0.15, -0.1) is 0 Å². The fourth-order valence-electron chi connectivity index (χ4n) is 2.16. The maximum absolute atomic E-state index is 5.62. The highest BCUT2D eigenvalue weighted by molar-refractivity contribution is 5.39. The molecule has 1 aliphatic carbocycles. The van der Waals surface area contributed by atoms with Crippen LogP contribution in [0.25, 0.3) is 0 Å². The molecule has 1 heterocycles. The SMILES string of the molecule is c1ccc2c(c1)OCC2NC1CCC1. The van der Waals surface area contributed by atoms with Crippen molar-refractivity contribution in [3.63, 3.8) is 0 Å². The first-order chi connectivity index (χ1) is 6.93. The van der Waals surface area contributed by atoms with Crippen molar-refractivity contribution in [2.75, 3.05) is 6.61 Å². The minimum Gasteiger partial charge on any atom is -0.491 e. The molecule has 0 radical (unpaired) electrons. The van der Waals surface area contributed by atoms with E-state index in [1.807, 2.05) is 6.07 Å². The fourth-order valence-corrected chi connectivity index (χ4v) is 2.16. The molecule has 2 nitrogen and oxygen atoms in total. The Kier molecular flexibility index (Phi) is 1.95. The highest BCUT2D eigenvalue weighted by Gasteiger charge is 2.27. The van der Waals surface area contributed by atoms with Crippen LogP contribution >= 0.6 is 0 Å². The number of rotatable bonds is 2. The number of para-hydroxylation sites is 1. The van der Waals surface area contributed by atoms with Gasteiger partial charge in [-0.1, -0.05) is 24.6 Å². The Morgan fingerprint density at radius 1 is 1.21 bits per heavy atom. The summed E-state index contributed by atoms with van der Waals surface area (Å²) in [7, 11) is 0. The number of hydrogen-bond donors (Lipinski definition) is 1. The Balaban J connectivity index is 1.76. The first-order valence-corrected chi connectivity index (χ1v) is 5.41. The number of fused-ring (bicyclic) bond motifs is 1. The maximum Gasteiger partial charge on any atom is 0.124 e. The van der Waals surface area contributed by atoms with E-state index in [-0.39, 0.29) is 0 Å². The van der Waals surface area contributed by atoms with Crippen LogP contribution in [0.15, 0.2) is 24.3 Å². The minimum absolute atomic E-state index is 0.427. The van der Waals surface area contributed by atoms with E-state index < -0.39 is 0 Å². The summed E-state index contributed by atoms with van der Waals surface area (Å²) in [6, 6.07) is 9.50. The van der Waals surface area contributed by atoms with Crippen LogP contribution in [0.3, 0.4) is 0 Å². The lowest BCUT2D eigenvalue weighted by Gasteiger charge is -2.29. The zero-order valence-corrected chi connectivity index (χ0v) is 8.20. The molecule has 1 saturated carbocycles. The van der Waals surface area contributed by atoms with Gasteiger partial charge >= 0.3 is 0 Å². The van der Waals surface area contributed by atoms with Crippen LogP contribution in [0.4, 0.5) is 0 Å². The second-order valence-corrected chi connectivity index (χ2v) is 4.20. The maximum atomic E-state index is 5.62. The van der Waals surface area contributed by atoms with Crippen molar-refractivity contribution in [2.45, 2.75) is 31.3 Å². The molecule has 0 amide bonds. The van der Waals surface area contributed by atoms with E-state index >= 15 is 0 Å². The molecule has 1 aromatic rings. The van der Waals surface area contributed by atoms with Gasteiger partial charge in [0.15, 0.2) is 0 Å². The summed E-state index contributed by atoms with van der Waals surface area (Å²) in [6.45, 7) is 0.801. The molecule has 0 spiro atoms. The van der Waals surface area contributed by atoms with Crippen molar-refractivity contribution < 1.29 is 4.74 Å². The Labute approximate surface area is 84.3 Å². The van der Waals surface area contributed by atoms with E-state index in [1.165, 1.54) is 24.8 Å². The Hall–Kier alpha value is -1.02. The molecule has 1 atom stereocenters. The average Bonchev–Trinajstić information content (AvgIpc) is 2.55. The van der Waals surface area contributed by atoms with Crippen LogP contribution in [-0.2, 0) is 0 Å². The number of ether oxygens (including phenoxy) is 1. The largest absolute Gasteiger partial charge is 0.491 e. The van der Waals surface area contributed by atoms with Crippen LogP contribution < -0.4 is 10.1 Å². The molecular weight excluding hydrogens is 174 g/mol. The van der Waals surface area contributed by atoms with Gasteiger partial charge in [0.05, 0.1) is 6.04 Å². The van der Waals surface area contributed by atoms with Crippen molar-refractivity contribution in [1.82, 2.24) is 5.32 Å². The molecular formula is C12H15NO. The minimum atomic E-state index is 0.427. The standard InChI is InChI=1S/C12H15NO/c1-2-7-12-10(6-1)11(8-14-12)13-9-4-3-5-9/h1-2,6-7,9,11,13H,3-5,8H2. The van der Waals surface area contributed by atoms with Crippen LogP contribution in [0.5, 0.6) is 5.75 Å². The summed E-state index contributed by atoms with van der Waals surface area (Å²) in [4.78, 5) is 0. The summed E-state index contributed by atoms with van der Waals surface area (Å²) in [5.41, 5.74) is 1.33. The quantitative estimate of drug-likeness (QED) is 0.770. The lowest BCUT2D eigenvalue weighted by atomic mass is 9.92. The Morgan fingerprint density at radius 2 is 2.07 bits per heavy atom. The van der Waals surface area contributed by atoms with Gasteiger partial charge < -0.3 is 10.1 Å². The smallest absolute Gasteiger partial charge is 0.124 e. The number of hydrogen-bond acceptors (Lipinski definition) is 2. The van der Waals surface area contributed by atoms with Gasteiger partial charge in [-0.05, 0) is 18.9 Å². The molecule has 74 valence electrons. The molecule has 2 heteroatoms. The zero-order chi connectivity index (χ0) is 9.38. The van der Waals surface area contributed by atoms with Crippen LogP contribution in [0.1, 0.15) is 30.9 Å². The lowest BCUT2D eigenvalue weighted by molar-refractivity contribution is 0.258. The Bertz CT molecular complexity index is 333. The molecule has 2 aliphatic rings. The molecule has 0 aromatic heterocycles. The molecule has 0 saturated heterocycles. The predicted octanol–water partition coefficient (Wildman–Crippen LogP) is 2.26. The van der Waals surface area contributed by atoms with Gasteiger partial charge in [0, 0.05) is 11.6 Å². The molecule has 1 fully saturated rings. The fraction of sp³-hybridized carbons (Fsp3) is 0.500. The summed E-state index contributed by atoms with van der Waals surface area (Å²) >= 11 is 0. The monoisotopic (exact) mass is 189 g/mol. The van der Waals surface area contributed by atoms with E-state index in [9.17, 15) is 0 Å². The molecule has 14 heavy (non-hydrogen) atoms. The van der Waals surface area contributed by atoms with Gasteiger partial charge in [-0.2, -0.15) is 0 Å². The second kappa shape index (κ2) is 3.28. The first kappa shape index (κ1) is 8.30. The average molecular weight is 189 g/mol. The summed E-state index contributed by atoms with van der Waals surface area (Å²) < 4.78 is 5.62. The highest BCUT2D eigenvalue weighted by Crippen LogP contribution is 2.33. The zero-order valence-electron chi connectivity index (χ0n) is 8.20. The van der Waals surface area contributed by atoms with Gasteiger partial charge in [-0.25, -0.2) is 0 Å². The number of benzene rings is 1. The first-order valence-electron chi connectivity index (χ1n) is 5.41. The number of nitrogens with one attached hydrogen (secondary N) is 1. The topological polar surface area (TPSA) is 21.3 Å². The normalized spacial score (nSPS) is 25.3. The molecule has 1 N–H and O–H groups in total. The van der Waals surface area contributed by atoms with Gasteiger partial charge in [-0.3, -0.25) is 0 Å². The molecule has 3 rings (SSSR count). The van der Waals surface area contributed by atoms with Crippen LogP contribution in [-0.4, -0.2) is 12.6 Å². The van der Waals surface area contributed by atoms with Crippen molar-refractivity contribution in [3.8, 4) is 5.75 Å². The highest BCUT2D eigenvalue weighted by atomic mass is 16.5. The van der Waals surface area contributed by atoms with E-state index in [1.54, 1.807) is 0 Å². The molecule has 1 aliphatic heterocycles. The summed E-state index contributed by atoms with van der Waals surface area (Å²) in [5.74, 6) is 1.06. The van der Waals surface area contributed by atoms with E-state index in [4.69, 9.17) is 4.74 Å². The Morgan fingerprint density at radius 3 is 2.86 bits per heavy atom. The van der Waals surface area contributed by atoms with E-state index in [0.29, 0.717) is 6.04 Å². The second-order valence-electron chi connectivity index (χ2n) is 4.20. The lowest BCUT2D eigenvalue weighted by Crippen LogP contribution is -2.38. The summed E-state index contributed by atoms with van der Waals surface area (Å²) in [6.07, 6.45) is 4.05. The van der Waals surface area contributed by atoms with Gasteiger partial charge in [0.1, 0.15) is 12.4 Å². The van der Waals surface area contributed by atoms with Crippen LogP contribution in [0.2, 0.25) is 0 Å². The van der Waals surface area contributed by atoms with Crippen molar-refractivity contribution in [2.24, 2.45) is 0 Å². The molecule has 1 unspecified atom stereocenters. The third-order valence-electron chi connectivity index (χ3n) is 3.24. The van der Waals surface area contributed by atoms with E-state index in [2.05, 4.69) is 23.5 Å². The van der Waals surface area contributed by atoms with Crippen molar-refractivity contribution in [1.29, 1.82) is 0 Å². The van der Waals surface area contributed by atoms with Crippen molar-refractivity contribution in [3.05, 3.63) is 29.8 Å². The molecule has 1 aromatic carbocycles. The third kappa shape index (κ3) is 1.30. The predicted molar refractivity (Wildman–Crippen MR) is 55.5 cm³/mol. The van der Waals surface area contributed by atoms with Gasteiger partial charge in [0.25, 0.3) is 0 Å². The molecule has 0 bridgehead atoms.